The number of alkyl halides is 1. The van der Waals surface area contributed by atoms with E-state index in [1.165, 1.54) is 24.8 Å². The topological polar surface area (TPSA) is 42.9 Å². The molecule has 1 heterocycles. The molecule has 2 aliphatic carbocycles. The molecule has 168 valence electrons. The first-order chi connectivity index (χ1) is 14.6. The Bertz CT molecular complexity index is 631. The van der Waals surface area contributed by atoms with Crippen LogP contribution in [0.15, 0.2) is 12.4 Å². The lowest BCUT2D eigenvalue weighted by Crippen LogP contribution is -2.28. The minimum atomic E-state index is -0.685. The fourth-order valence-electron chi connectivity index (χ4n) is 5.57. The highest BCUT2D eigenvalue weighted by Crippen LogP contribution is 2.40. The van der Waals surface area contributed by atoms with Crippen LogP contribution in [0.3, 0.4) is 0 Å². The molecule has 2 aliphatic rings. The lowest BCUT2D eigenvalue weighted by atomic mass is 9.73. The van der Waals surface area contributed by atoms with Gasteiger partial charge in [0.1, 0.15) is 17.8 Å². The molecule has 0 N–H and O–H groups in total. The molecule has 1 unspecified atom stereocenters. The number of unbranched alkanes of at least 4 members (excludes halogenated alkanes) is 2. The number of carbonyl (C=O) groups is 1. The van der Waals surface area contributed by atoms with Crippen LogP contribution in [0.2, 0.25) is 0 Å². The predicted octanol–water partition coefficient (Wildman–Crippen LogP) is 7.00. The molecule has 0 aromatic carbocycles. The zero-order chi connectivity index (χ0) is 21.3. The summed E-state index contributed by atoms with van der Waals surface area (Å²) < 4.78 is 15.0. The summed E-state index contributed by atoms with van der Waals surface area (Å²) in [6, 6.07) is 0. The fraction of sp³-hybridized carbons (Fsp3) is 0.808. The second kappa shape index (κ2) is 11.9. The number of halogens is 1. The Hall–Kier alpha value is -1.32. The van der Waals surface area contributed by atoms with Gasteiger partial charge in [0, 0.05) is 31.2 Å². The summed E-state index contributed by atoms with van der Waals surface area (Å²) in [6.07, 6.45) is 17.4. The molecular formula is C26H41FN2O. The molecule has 30 heavy (non-hydrogen) atoms. The Morgan fingerprint density at radius 1 is 1.00 bits per heavy atom. The van der Waals surface area contributed by atoms with Crippen LogP contribution in [0, 0.1) is 17.8 Å². The minimum absolute atomic E-state index is 0.178. The number of nitrogens with zero attached hydrogens (tertiary/aromatic N) is 2. The molecule has 0 saturated heterocycles. The maximum Gasteiger partial charge on any atom is 0.135 e. The summed E-state index contributed by atoms with van der Waals surface area (Å²) in [5.74, 6) is 2.78. The molecule has 3 rings (SSSR count). The summed E-state index contributed by atoms with van der Waals surface area (Å²) in [5, 5.41) is 0. The Kier molecular flexibility index (Phi) is 9.27. The Morgan fingerprint density at radius 3 is 2.27 bits per heavy atom. The molecule has 3 nitrogen and oxygen atoms in total. The van der Waals surface area contributed by atoms with Gasteiger partial charge in [0.15, 0.2) is 0 Å². The number of aromatic nitrogens is 2. The van der Waals surface area contributed by atoms with Crippen molar-refractivity contribution in [2.24, 2.45) is 17.8 Å². The third-order valence-corrected chi connectivity index (χ3v) is 7.69. The second-order valence-corrected chi connectivity index (χ2v) is 9.79. The van der Waals surface area contributed by atoms with E-state index in [-0.39, 0.29) is 11.8 Å². The molecule has 4 heteroatoms. The summed E-state index contributed by atoms with van der Waals surface area (Å²) in [4.78, 5) is 21.1. The molecule has 0 spiro atoms. The minimum Gasteiger partial charge on any atom is -0.299 e. The predicted molar refractivity (Wildman–Crippen MR) is 120 cm³/mol. The van der Waals surface area contributed by atoms with E-state index in [4.69, 9.17) is 0 Å². The van der Waals surface area contributed by atoms with Gasteiger partial charge in [0.2, 0.25) is 0 Å². The average Bonchev–Trinajstić information content (AvgIpc) is 2.80. The molecule has 0 radical (unpaired) electrons. The Balaban J connectivity index is 1.38. The highest BCUT2D eigenvalue weighted by atomic mass is 19.1. The van der Waals surface area contributed by atoms with Gasteiger partial charge in [-0.15, -0.1) is 0 Å². The van der Waals surface area contributed by atoms with Crippen LogP contribution in [0.1, 0.15) is 115 Å². The van der Waals surface area contributed by atoms with Crippen molar-refractivity contribution in [1.29, 1.82) is 0 Å². The van der Waals surface area contributed by atoms with E-state index < -0.39 is 6.17 Å². The van der Waals surface area contributed by atoms with Crippen molar-refractivity contribution >= 4 is 5.78 Å². The number of hydrogen-bond donors (Lipinski definition) is 0. The third-order valence-electron chi connectivity index (χ3n) is 7.69. The second-order valence-electron chi connectivity index (χ2n) is 9.79. The zero-order valence-electron chi connectivity index (χ0n) is 19.1. The lowest BCUT2D eigenvalue weighted by Gasteiger charge is -2.33. The van der Waals surface area contributed by atoms with E-state index in [0.29, 0.717) is 24.0 Å². The maximum absolute atomic E-state index is 15.0. The monoisotopic (exact) mass is 416 g/mol. The number of Topliss-reactive ketones (excluding diaryl/α,β-unsaturated/α-hetero) is 1. The lowest BCUT2D eigenvalue weighted by molar-refractivity contribution is -0.124. The quantitative estimate of drug-likeness (QED) is 0.386. The summed E-state index contributed by atoms with van der Waals surface area (Å²) in [5.41, 5.74) is 1.27. The highest BCUT2D eigenvalue weighted by Gasteiger charge is 2.32. The molecule has 1 aromatic rings. The van der Waals surface area contributed by atoms with Gasteiger partial charge in [-0.25, -0.2) is 14.4 Å². The van der Waals surface area contributed by atoms with Crippen LogP contribution in [-0.2, 0) is 11.2 Å². The fourth-order valence-corrected chi connectivity index (χ4v) is 5.57. The summed E-state index contributed by atoms with van der Waals surface area (Å²) >= 11 is 0. The summed E-state index contributed by atoms with van der Waals surface area (Å²) in [6.45, 7) is 4.16. The van der Waals surface area contributed by atoms with Gasteiger partial charge >= 0.3 is 0 Å². The number of rotatable bonds is 10. The molecule has 0 amide bonds. The smallest absolute Gasteiger partial charge is 0.135 e. The molecular weight excluding hydrogens is 375 g/mol. The Morgan fingerprint density at radius 2 is 1.67 bits per heavy atom. The van der Waals surface area contributed by atoms with Crippen molar-refractivity contribution in [2.45, 2.75) is 116 Å². The molecule has 0 aliphatic heterocycles. The Labute approximate surface area is 182 Å². The van der Waals surface area contributed by atoms with Crippen molar-refractivity contribution in [1.82, 2.24) is 9.97 Å². The van der Waals surface area contributed by atoms with Crippen molar-refractivity contribution in [3.63, 3.8) is 0 Å². The van der Waals surface area contributed by atoms with E-state index in [1.807, 2.05) is 19.3 Å². The molecule has 0 bridgehead atoms. The van der Waals surface area contributed by atoms with Gasteiger partial charge < -0.3 is 0 Å². The normalized spacial score (nSPS) is 28.2. The van der Waals surface area contributed by atoms with Crippen LogP contribution in [-0.4, -0.2) is 21.9 Å². The van der Waals surface area contributed by atoms with Crippen LogP contribution < -0.4 is 0 Å². The van der Waals surface area contributed by atoms with E-state index in [1.54, 1.807) is 0 Å². The van der Waals surface area contributed by atoms with E-state index >= 15 is 0 Å². The standard InChI is InChI=1S/C26H41FN2O/c1-3-5-6-7-26-28-17-23(18-29-26)20-10-8-19(9-11-20)16-24(27)21-12-14-22(15-13-21)25(30)4-2/h17-22,24H,3-16H2,1-2H3. The van der Waals surface area contributed by atoms with E-state index in [0.717, 1.165) is 70.0 Å². The number of hydrogen-bond acceptors (Lipinski definition) is 3. The SMILES string of the molecule is CCCCCc1ncc(C2CCC(CC(F)C3CCC(C(=O)CC)CC3)CC2)cn1. The van der Waals surface area contributed by atoms with E-state index in [2.05, 4.69) is 16.9 Å². The van der Waals surface area contributed by atoms with Crippen molar-refractivity contribution in [3.05, 3.63) is 23.8 Å². The number of aryl methyl sites for hydroxylation is 1. The van der Waals surface area contributed by atoms with Crippen LogP contribution in [0.25, 0.3) is 0 Å². The number of ketones is 1. The summed E-state index contributed by atoms with van der Waals surface area (Å²) in [7, 11) is 0. The van der Waals surface area contributed by atoms with Gasteiger partial charge in [0.25, 0.3) is 0 Å². The van der Waals surface area contributed by atoms with Crippen molar-refractivity contribution < 1.29 is 9.18 Å². The van der Waals surface area contributed by atoms with Crippen molar-refractivity contribution in [3.8, 4) is 0 Å². The molecule has 1 atom stereocenters. The molecule has 2 fully saturated rings. The van der Waals surface area contributed by atoms with Gasteiger partial charge in [0.05, 0.1) is 0 Å². The van der Waals surface area contributed by atoms with Crippen LogP contribution in [0.5, 0.6) is 0 Å². The third kappa shape index (κ3) is 6.59. The first kappa shape index (κ1) is 23.3. The number of carbonyl (C=O) groups excluding carboxylic acids is 1. The van der Waals surface area contributed by atoms with E-state index in [9.17, 15) is 9.18 Å². The first-order valence-electron chi connectivity index (χ1n) is 12.6. The average molecular weight is 417 g/mol. The van der Waals surface area contributed by atoms with Gasteiger partial charge in [-0.05, 0) is 87.5 Å². The largest absolute Gasteiger partial charge is 0.299 e. The van der Waals surface area contributed by atoms with Crippen LogP contribution in [0.4, 0.5) is 4.39 Å². The maximum atomic E-state index is 15.0. The van der Waals surface area contributed by atoms with Crippen LogP contribution >= 0.6 is 0 Å². The zero-order valence-corrected chi connectivity index (χ0v) is 19.1. The first-order valence-corrected chi connectivity index (χ1v) is 12.6. The highest BCUT2D eigenvalue weighted by molar-refractivity contribution is 5.80. The molecule has 2 saturated carbocycles. The van der Waals surface area contributed by atoms with Gasteiger partial charge in [-0.2, -0.15) is 0 Å². The molecule has 1 aromatic heterocycles. The van der Waals surface area contributed by atoms with Gasteiger partial charge in [-0.3, -0.25) is 4.79 Å². The van der Waals surface area contributed by atoms with Gasteiger partial charge in [-0.1, -0.05) is 26.7 Å². The van der Waals surface area contributed by atoms with Crippen molar-refractivity contribution in [2.75, 3.05) is 0 Å².